The molecule has 0 unspecified atom stereocenters. The van der Waals surface area contributed by atoms with E-state index >= 15 is 0 Å². The van der Waals surface area contributed by atoms with Gasteiger partial charge in [0.15, 0.2) is 0 Å². The third-order valence-corrected chi connectivity index (χ3v) is 3.82. The molecule has 26 heavy (non-hydrogen) atoms. The number of carbonyl (C=O) groups is 1. The zero-order chi connectivity index (χ0) is 18.2. The van der Waals surface area contributed by atoms with E-state index in [-0.39, 0.29) is 6.61 Å². The molecule has 0 atom stereocenters. The van der Waals surface area contributed by atoms with Crippen molar-refractivity contribution >= 4 is 5.97 Å². The van der Waals surface area contributed by atoms with Crippen LogP contribution in [0.2, 0.25) is 0 Å². The van der Waals surface area contributed by atoms with Crippen molar-refractivity contribution in [1.29, 1.82) is 0 Å². The van der Waals surface area contributed by atoms with Gasteiger partial charge in [-0.2, -0.15) is 0 Å². The summed E-state index contributed by atoms with van der Waals surface area (Å²) in [4.78, 5) is 12.3. The van der Waals surface area contributed by atoms with Gasteiger partial charge in [-0.15, -0.1) is 6.42 Å². The number of ether oxygens (including phenoxy) is 2. The van der Waals surface area contributed by atoms with E-state index in [1.165, 1.54) is 0 Å². The maximum Gasteiger partial charge on any atom is 0.338 e. The molecule has 3 heteroatoms. The van der Waals surface area contributed by atoms with Gasteiger partial charge in [-0.05, 0) is 29.3 Å². The van der Waals surface area contributed by atoms with Gasteiger partial charge in [0.1, 0.15) is 19.0 Å². The molecule has 0 N–H and O–H groups in total. The zero-order valence-electron chi connectivity index (χ0n) is 14.2. The first-order valence-electron chi connectivity index (χ1n) is 8.24. The summed E-state index contributed by atoms with van der Waals surface area (Å²) in [5, 5.41) is 0. The Balaban J connectivity index is 1.70. The molecule has 0 spiro atoms. The van der Waals surface area contributed by atoms with Crippen molar-refractivity contribution in [2.75, 3.05) is 0 Å². The Morgan fingerprint density at radius 2 is 1.46 bits per heavy atom. The molecule has 0 aliphatic carbocycles. The van der Waals surface area contributed by atoms with Gasteiger partial charge in [0, 0.05) is 0 Å². The van der Waals surface area contributed by atoms with Crippen LogP contribution in [0, 0.1) is 12.3 Å². The van der Waals surface area contributed by atoms with E-state index in [0.717, 1.165) is 11.1 Å². The lowest BCUT2D eigenvalue weighted by Crippen LogP contribution is -2.06. The second-order valence-corrected chi connectivity index (χ2v) is 5.69. The van der Waals surface area contributed by atoms with Gasteiger partial charge in [-0.25, -0.2) is 4.79 Å². The molecule has 3 rings (SSSR count). The monoisotopic (exact) mass is 342 g/mol. The molecule has 0 saturated carbocycles. The Morgan fingerprint density at radius 3 is 2.08 bits per heavy atom. The molecule has 3 aromatic carbocycles. The topological polar surface area (TPSA) is 35.5 Å². The lowest BCUT2D eigenvalue weighted by Gasteiger charge is -2.11. The van der Waals surface area contributed by atoms with Gasteiger partial charge in [-0.1, -0.05) is 66.6 Å². The number of benzene rings is 3. The zero-order valence-corrected chi connectivity index (χ0v) is 14.2. The molecule has 0 fully saturated rings. The summed E-state index contributed by atoms with van der Waals surface area (Å²) in [5.41, 5.74) is 2.96. The lowest BCUT2D eigenvalue weighted by atomic mass is 10.1. The van der Waals surface area contributed by atoms with Crippen LogP contribution in [0.3, 0.4) is 0 Å². The van der Waals surface area contributed by atoms with Crippen LogP contribution in [0.15, 0.2) is 78.9 Å². The highest BCUT2D eigenvalue weighted by atomic mass is 16.5. The lowest BCUT2D eigenvalue weighted by molar-refractivity contribution is 0.0472. The smallest absolute Gasteiger partial charge is 0.338 e. The Morgan fingerprint density at radius 1 is 0.846 bits per heavy atom. The van der Waals surface area contributed by atoms with Crippen molar-refractivity contribution in [1.82, 2.24) is 0 Å². The van der Waals surface area contributed by atoms with Crippen LogP contribution in [-0.2, 0) is 18.0 Å². The van der Waals surface area contributed by atoms with Gasteiger partial charge in [0.2, 0.25) is 0 Å². The van der Waals surface area contributed by atoms with E-state index in [2.05, 4.69) is 5.92 Å². The normalized spacial score (nSPS) is 9.96. The first-order valence-corrected chi connectivity index (χ1v) is 8.24. The second kappa shape index (κ2) is 8.55. The van der Waals surface area contributed by atoms with Crippen molar-refractivity contribution < 1.29 is 14.3 Å². The molecule has 128 valence electrons. The highest BCUT2D eigenvalue weighted by Crippen LogP contribution is 2.22. The molecule has 0 heterocycles. The molecule has 0 aromatic heterocycles. The van der Waals surface area contributed by atoms with Crippen LogP contribution in [0.5, 0.6) is 5.75 Å². The van der Waals surface area contributed by atoms with Crippen LogP contribution in [0.4, 0.5) is 0 Å². The minimum absolute atomic E-state index is 0.219. The van der Waals surface area contributed by atoms with Crippen LogP contribution >= 0.6 is 0 Å². The summed E-state index contributed by atoms with van der Waals surface area (Å²) in [6.45, 7) is 0.592. The molecule has 0 bridgehead atoms. The third-order valence-electron chi connectivity index (χ3n) is 3.82. The molecule has 0 radical (unpaired) electrons. The number of carbonyl (C=O) groups excluding carboxylic acids is 1. The quantitative estimate of drug-likeness (QED) is 0.485. The Kier molecular flexibility index (Phi) is 5.69. The molecule has 0 aliphatic rings. The largest absolute Gasteiger partial charge is 0.488 e. The Bertz CT molecular complexity index is 909. The fourth-order valence-corrected chi connectivity index (χ4v) is 2.43. The van der Waals surface area contributed by atoms with Crippen LogP contribution in [0.25, 0.3) is 0 Å². The summed E-state index contributed by atoms with van der Waals surface area (Å²) in [6, 6.07) is 24.3. The highest BCUT2D eigenvalue weighted by molar-refractivity contribution is 5.90. The first-order chi connectivity index (χ1) is 12.8. The Labute approximate surface area is 153 Å². The fraction of sp³-hybridized carbons (Fsp3) is 0.0870. The SMILES string of the molecule is C#Cc1ccc(C(=O)OCc2ccccc2)cc1OCc1ccccc1. The molecule has 3 nitrogen and oxygen atoms in total. The van der Waals surface area contributed by atoms with Gasteiger partial charge in [0.05, 0.1) is 11.1 Å². The average Bonchev–Trinajstić information content (AvgIpc) is 2.71. The highest BCUT2D eigenvalue weighted by Gasteiger charge is 2.12. The molecule has 3 aromatic rings. The summed E-state index contributed by atoms with van der Waals surface area (Å²) in [7, 11) is 0. The molecule has 0 aliphatic heterocycles. The number of terminal acetylenes is 1. The molecular formula is C23H18O3. The van der Waals surface area contributed by atoms with Gasteiger partial charge in [-0.3, -0.25) is 0 Å². The van der Waals surface area contributed by atoms with Crippen LogP contribution in [-0.4, -0.2) is 5.97 Å². The Hall–Kier alpha value is -3.51. The minimum atomic E-state index is -0.415. The van der Waals surface area contributed by atoms with E-state index in [1.54, 1.807) is 18.2 Å². The molecular weight excluding hydrogens is 324 g/mol. The summed E-state index contributed by atoms with van der Waals surface area (Å²) < 4.78 is 11.2. The predicted molar refractivity (Wildman–Crippen MR) is 101 cm³/mol. The number of esters is 1. The van der Waals surface area contributed by atoms with Gasteiger partial charge < -0.3 is 9.47 Å². The average molecular weight is 342 g/mol. The first kappa shape index (κ1) is 17.3. The van der Waals surface area contributed by atoms with Crippen molar-refractivity contribution in [3.63, 3.8) is 0 Å². The van der Waals surface area contributed by atoms with E-state index in [4.69, 9.17) is 15.9 Å². The second-order valence-electron chi connectivity index (χ2n) is 5.69. The molecule has 0 saturated heterocycles. The van der Waals surface area contributed by atoms with E-state index in [9.17, 15) is 4.79 Å². The van der Waals surface area contributed by atoms with Crippen molar-refractivity contribution in [3.05, 3.63) is 101 Å². The molecule has 0 amide bonds. The number of hydrogen-bond donors (Lipinski definition) is 0. The third kappa shape index (κ3) is 4.52. The predicted octanol–water partition coefficient (Wildman–Crippen LogP) is 4.60. The van der Waals surface area contributed by atoms with Crippen LogP contribution in [0.1, 0.15) is 27.0 Å². The fourth-order valence-electron chi connectivity index (χ4n) is 2.43. The van der Waals surface area contributed by atoms with Gasteiger partial charge >= 0.3 is 5.97 Å². The maximum atomic E-state index is 12.3. The van der Waals surface area contributed by atoms with Crippen molar-refractivity contribution in [3.8, 4) is 18.1 Å². The number of rotatable bonds is 6. The van der Waals surface area contributed by atoms with E-state index in [0.29, 0.717) is 23.5 Å². The number of hydrogen-bond acceptors (Lipinski definition) is 3. The summed E-state index contributed by atoms with van der Waals surface area (Å²) in [5.74, 6) is 2.66. The van der Waals surface area contributed by atoms with Crippen molar-refractivity contribution in [2.45, 2.75) is 13.2 Å². The standard InChI is InChI=1S/C23H18O3/c1-2-20-13-14-21(23(24)26-17-19-11-7-4-8-12-19)15-22(20)25-16-18-9-5-3-6-10-18/h1,3-15H,16-17H2. The maximum absolute atomic E-state index is 12.3. The summed E-state index contributed by atoms with van der Waals surface area (Å²) in [6.07, 6.45) is 5.53. The summed E-state index contributed by atoms with van der Waals surface area (Å²) >= 11 is 0. The van der Waals surface area contributed by atoms with Gasteiger partial charge in [0.25, 0.3) is 0 Å². The van der Waals surface area contributed by atoms with Crippen LogP contribution < -0.4 is 4.74 Å². The van der Waals surface area contributed by atoms with E-state index < -0.39 is 5.97 Å². The van der Waals surface area contributed by atoms with Crippen molar-refractivity contribution in [2.24, 2.45) is 0 Å². The van der Waals surface area contributed by atoms with E-state index in [1.807, 2.05) is 60.7 Å². The minimum Gasteiger partial charge on any atom is -0.488 e.